The molecule has 15 heavy (non-hydrogen) atoms. The minimum Gasteiger partial charge on any atom is -0.481 e. The predicted molar refractivity (Wildman–Crippen MR) is 57.6 cm³/mol. The van der Waals surface area contributed by atoms with Gasteiger partial charge in [0.05, 0.1) is 0 Å². The van der Waals surface area contributed by atoms with Gasteiger partial charge in [-0.2, -0.15) is 0 Å². The predicted octanol–water partition coefficient (Wildman–Crippen LogP) is 1.42. The van der Waals surface area contributed by atoms with E-state index in [0.29, 0.717) is 0 Å². The maximum Gasteiger partial charge on any atom is 0.165 e. The van der Waals surface area contributed by atoms with Crippen LogP contribution in [0.2, 0.25) is 0 Å². The van der Waals surface area contributed by atoms with E-state index in [1.807, 2.05) is 0 Å². The number of aryl methyl sites for hydroxylation is 2. The standard InChI is InChI=1S/C12H15NO2/c1-7-3-4-8(2)12-11(7)14-9-5-13-6-10(9)15-12/h3-4,9-10,13H,5-6H2,1-2H3. The molecule has 3 heteroatoms. The van der Waals surface area contributed by atoms with Crippen LogP contribution < -0.4 is 14.8 Å². The van der Waals surface area contributed by atoms with Crippen LogP contribution in [0.5, 0.6) is 11.5 Å². The maximum atomic E-state index is 5.98. The summed E-state index contributed by atoms with van der Waals surface area (Å²) >= 11 is 0. The number of benzene rings is 1. The Bertz CT molecular complexity index is 366. The monoisotopic (exact) mass is 205 g/mol. The highest BCUT2D eigenvalue weighted by Gasteiger charge is 2.36. The molecule has 1 fully saturated rings. The average Bonchev–Trinajstić information content (AvgIpc) is 2.69. The van der Waals surface area contributed by atoms with Gasteiger partial charge in [0, 0.05) is 13.1 Å². The van der Waals surface area contributed by atoms with Crippen LogP contribution in [0.1, 0.15) is 11.1 Å². The highest BCUT2D eigenvalue weighted by Crippen LogP contribution is 2.40. The highest BCUT2D eigenvalue weighted by atomic mass is 16.6. The number of nitrogens with one attached hydrogen (secondary N) is 1. The topological polar surface area (TPSA) is 30.5 Å². The van der Waals surface area contributed by atoms with E-state index in [9.17, 15) is 0 Å². The molecule has 0 bridgehead atoms. The van der Waals surface area contributed by atoms with E-state index in [1.165, 1.54) is 0 Å². The highest BCUT2D eigenvalue weighted by molar-refractivity contribution is 5.52. The van der Waals surface area contributed by atoms with Crippen molar-refractivity contribution >= 4 is 0 Å². The smallest absolute Gasteiger partial charge is 0.165 e. The van der Waals surface area contributed by atoms with Crippen LogP contribution >= 0.6 is 0 Å². The van der Waals surface area contributed by atoms with Gasteiger partial charge in [-0.15, -0.1) is 0 Å². The number of rotatable bonds is 0. The largest absolute Gasteiger partial charge is 0.481 e. The molecule has 1 N–H and O–H groups in total. The van der Waals surface area contributed by atoms with Crippen molar-refractivity contribution in [2.75, 3.05) is 13.1 Å². The van der Waals surface area contributed by atoms with E-state index >= 15 is 0 Å². The van der Waals surface area contributed by atoms with Crippen molar-refractivity contribution in [1.29, 1.82) is 0 Å². The molecule has 1 aromatic carbocycles. The van der Waals surface area contributed by atoms with E-state index in [-0.39, 0.29) is 12.2 Å². The molecule has 0 amide bonds. The van der Waals surface area contributed by atoms with Crippen molar-refractivity contribution < 1.29 is 9.47 Å². The Morgan fingerprint density at radius 2 is 1.47 bits per heavy atom. The number of fused-ring (bicyclic) bond motifs is 2. The van der Waals surface area contributed by atoms with Crippen LogP contribution in [-0.4, -0.2) is 25.3 Å². The Balaban J connectivity index is 2.06. The lowest BCUT2D eigenvalue weighted by atomic mass is 10.1. The van der Waals surface area contributed by atoms with Crippen molar-refractivity contribution in [2.45, 2.75) is 26.1 Å². The van der Waals surface area contributed by atoms with Crippen LogP contribution in [0, 0.1) is 13.8 Å². The zero-order valence-corrected chi connectivity index (χ0v) is 9.04. The lowest BCUT2D eigenvalue weighted by molar-refractivity contribution is 0.0538. The van der Waals surface area contributed by atoms with Crippen LogP contribution in [-0.2, 0) is 0 Å². The fourth-order valence-electron chi connectivity index (χ4n) is 2.22. The third kappa shape index (κ3) is 1.30. The van der Waals surface area contributed by atoms with Gasteiger partial charge in [0.1, 0.15) is 12.2 Å². The fraction of sp³-hybridized carbons (Fsp3) is 0.500. The molecule has 2 unspecified atom stereocenters. The van der Waals surface area contributed by atoms with Crippen molar-refractivity contribution in [3.8, 4) is 11.5 Å². The van der Waals surface area contributed by atoms with Crippen molar-refractivity contribution in [3.63, 3.8) is 0 Å². The molecule has 1 saturated heterocycles. The maximum absolute atomic E-state index is 5.98. The zero-order valence-electron chi connectivity index (χ0n) is 9.04. The molecule has 0 aromatic heterocycles. The molecule has 2 aliphatic heterocycles. The van der Waals surface area contributed by atoms with Gasteiger partial charge >= 0.3 is 0 Å². The molecule has 0 radical (unpaired) electrons. The molecule has 3 nitrogen and oxygen atoms in total. The van der Waals surface area contributed by atoms with Crippen molar-refractivity contribution in [1.82, 2.24) is 5.32 Å². The fourth-order valence-corrected chi connectivity index (χ4v) is 2.22. The second-order valence-electron chi connectivity index (χ2n) is 4.33. The van der Waals surface area contributed by atoms with Gasteiger partial charge in [0.25, 0.3) is 0 Å². The van der Waals surface area contributed by atoms with Crippen LogP contribution in [0.4, 0.5) is 0 Å². The molecule has 0 aliphatic carbocycles. The first-order valence-corrected chi connectivity index (χ1v) is 5.40. The molecule has 3 rings (SSSR count). The third-order valence-electron chi connectivity index (χ3n) is 3.15. The summed E-state index contributed by atoms with van der Waals surface area (Å²) in [6.07, 6.45) is 0.357. The minimum atomic E-state index is 0.179. The lowest BCUT2D eigenvalue weighted by Gasteiger charge is -2.30. The van der Waals surface area contributed by atoms with E-state index in [1.54, 1.807) is 0 Å². The van der Waals surface area contributed by atoms with Gasteiger partial charge in [-0.1, -0.05) is 12.1 Å². The molecule has 1 aromatic rings. The second-order valence-corrected chi connectivity index (χ2v) is 4.33. The summed E-state index contributed by atoms with van der Waals surface area (Å²) in [5, 5.41) is 3.29. The molecule has 0 spiro atoms. The first-order valence-electron chi connectivity index (χ1n) is 5.40. The summed E-state index contributed by atoms with van der Waals surface area (Å²) in [6, 6.07) is 4.17. The number of ether oxygens (including phenoxy) is 2. The number of hydrogen-bond donors (Lipinski definition) is 1. The van der Waals surface area contributed by atoms with E-state index in [0.717, 1.165) is 35.7 Å². The first kappa shape index (κ1) is 9.04. The molecule has 0 saturated carbocycles. The van der Waals surface area contributed by atoms with Crippen LogP contribution in [0.25, 0.3) is 0 Å². The van der Waals surface area contributed by atoms with Crippen LogP contribution in [0.3, 0.4) is 0 Å². The molecular weight excluding hydrogens is 190 g/mol. The molecule has 2 atom stereocenters. The SMILES string of the molecule is Cc1ccc(C)c2c1OC1CNCC1O2. The third-order valence-corrected chi connectivity index (χ3v) is 3.15. The Hall–Kier alpha value is -1.22. The molecule has 80 valence electrons. The Labute approximate surface area is 89.4 Å². The van der Waals surface area contributed by atoms with Gasteiger partial charge in [0.2, 0.25) is 0 Å². The average molecular weight is 205 g/mol. The van der Waals surface area contributed by atoms with Gasteiger partial charge in [0.15, 0.2) is 11.5 Å². The summed E-state index contributed by atoms with van der Waals surface area (Å²) in [7, 11) is 0. The lowest BCUT2D eigenvalue weighted by Crippen LogP contribution is -2.38. The Morgan fingerprint density at radius 3 is 1.93 bits per heavy atom. The minimum absolute atomic E-state index is 0.179. The number of hydrogen-bond acceptors (Lipinski definition) is 3. The Kier molecular flexibility index (Phi) is 1.89. The van der Waals surface area contributed by atoms with E-state index in [2.05, 4.69) is 31.3 Å². The summed E-state index contributed by atoms with van der Waals surface area (Å²) in [5.41, 5.74) is 2.31. The second kappa shape index (κ2) is 3.14. The van der Waals surface area contributed by atoms with Crippen molar-refractivity contribution in [3.05, 3.63) is 23.3 Å². The molecule has 2 aliphatic rings. The van der Waals surface area contributed by atoms with Crippen LogP contribution in [0.15, 0.2) is 12.1 Å². The quantitative estimate of drug-likeness (QED) is 0.694. The summed E-state index contributed by atoms with van der Waals surface area (Å²) < 4.78 is 12.0. The first-order chi connectivity index (χ1) is 7.25. The van der Waals surface area contributed by atoms with E-state index < -0.39 is 0 Å². The van der Waals surface area contributed by atoms with E-state index in [4.69, 9.17) is 9.47 Å². The van der Waals surface area contributed by atoms with Gasteiger partial charge < -0.3 is 14.8 Å². The van der Waals surface area contributed by atoms with Crippen molar-refractivity contribution in [2.24, 2.45) is 0 Å². The summed E-state index contributed by atoms with van der Waals surface area (Å²) in [5.74, 6) is 1.86. The zero-order chi connectivity index (χ0) is 10.4. The summed E-state index contributed by atoms with van der Waals surface area (Å²) in [6.45, 7) is 5.89. The summed E-state index contributed by atoms with van der Waals surface area (Å²) in [4.78, 5) is 0. The van der Waals surface area contributed by atoms with Gasteiger partial charge in [-0.25, -0.2) is 0 Å². The van der Waals surface area contributed by atoms with Gasteiger partial charge in [-0.05, 0) is 25.0 Å². The normalized spacial score (nSPS) is 27.6. The Morgan fingerprint density at radius 1 is 1.00 bits per heavy atom. The molecular formula is C12H15NO2. The van der Waals surface area contributed by atoms with Gasteiger partial charge in [-0.3, -0.25) is 0 Å². The molecule has 2 heterocycles.